The van der Waals surface area contributed by atoms with Crippen LogP contribution < -0.4 is 0 Å². The smallest absolute Gasteiger partial charge is 0.334 e. The zero-order valence-corrected chi connectivity index (χ0v) is 9.22. The molecular weight excluding hydrogens is 232 g/mol. The Bertz CT molecular complexity index is 279. The number of rotatable bonds is 2. The van der Waals surface area contributed by atoms with Crippen molar-refractivity contribution in [2.75, 3.05) is 6.61 Å². The van der Waals surface area contributed by atoms with Crippen LogP contribution in [0, 0.1) is 11.8 Å². The van der Waals surface area contributed by atoms with Crippen LogP contribution in [0.3, 0.4) is 0 Å². The maximum atomic E-state index is 11.0. The number of esters is 1. The van der Waals surface area contributed by atoms with Crippen LogP contribution in [0.15, 0.2) is 22.7 Å². The molecule has 0 aliphatic heterocycles. The van der Waals surface area contributed by atoms with E-state index in [-0.39, 0.29) is 5.97 Å². The lowest BCUT2D eigenvalue weighted by molar-refractivity contribution is -0.138. The van der Waals surface area contributed by atoms with Crippen LogP contribution in [0.25, 0.3) is 0 Å². The standard InChI is InChI=1S/C10H11BrO2/c1-3-13-10(12)9(2)7-5-4-6-8-11/h6-8H,3H2,1-2H3/b8-6+,9-7+. The Labute approximate surface area is 86.8 Å². The molecule has 0 atom stereocenters. The summed E-state index contributed by atoms with van der Waals surface area (Å²) in [5, 5.41) is 0. The molecule has 0 N–H and O–H groups in total. The third kappa shape index (κ3) is 6.18. The van der Waals surface area contributed by atoms with Crippen LogP contribution in [0.5, 0.6) is 0 Å². The minimum absolute atomic E-state index is 0.320. The van der Waals surface area contributed by atoms with Crippen molar-refractivity contribution in [1.82, 2.24) is 0 Å². The first-order chi connectivity index (χ1) is 6.22. The maximum absolute atomic E-state index is 11.0. The lowest BCUT2D eigenvalue weighted by atomic mass is 10.3. The first-order valence-electron chi connectivity index (χ1n) is 3.82. The molecule has 0 amide bonds. The Morgan fingerprint density at radius 3 is 2.77 bits per heavy atom. The summed E-state index contributed by atoms with van der Waals surface area (Å²) < 4.78 is 4.76. The Balaban J connectivity index is 4.18. The summed E-state index contributed by atoms with van der Waals surface area (Å²) >= 11 is 3.08. The molecule has 70 valence electrons. The highest BCUT2D eigenvalue weighted by Gasteiger charge is 2.01. The number of carbonyl (C=O) groups is 1. The van der Waals surface area contributed by atoms with E-state index in [1.54, 1.807) is 24.9 Å². The van der Waals surface area contributed by atoms with E-state index in [0.717, 1.165) is 0 Å². The van der Waals surface area contributed by atoms with E-state index in [4.69, 9.17) is 4.74 Å². The number of hydrogen-bond acceptors (Lipinski definition) is 2. The first kappa shape index (κ1) is 12.0. The summed E-state index contributed by atoms with van der Waals surface area (Å²) in [6.07, 6.45) is 3.17. The molecule has 0 rings (SSSR count). The Kier molecular flexibility index (Phi) is 7.04. The lowest BCUT2D eigenvalue weighted by Crippen LogP contribution is -2.04. The van der Waals surface area contributed by atoms with Crippen molar-refractivity contribution in [2.45, 2.75) is 13.8 Å². The molecule has 0 aliphatic carbocycles. The van der Waals surface area contributed by atoms with Gasteiger partial charge in [0.2, 0.25) is 0 Å². The van der Waals surface area contributed by atoms with Gasteiger partial charge < -0.3 is 4.74 Å². The van der Waals surface area contributed by atoms with Crippen molar-refractivity contribution in [3.8, 4) is 11.8 Å². The quantitative estimate of drug-likeness (QED) is 0.423. The van der Waals surface area contributed by atoms with Crippen molar-refractivity contribution >= 4 is 21.9 Å². The topological polar surface area (TPSA) is 26.3 Å². The minimum Gasteiger partial charge on any atom is -0.463 e. The molecule has 0 aromatic rings. The highest BCUT2D eigenvalue weighted by Crippen LogP contribution is 1.94. The molecule has 0 unspecified atom stereocenters. The van der Waals surface area contributed by atoms with Crippen molar-refractivity contribution in [3.05, 3.63) is 22.7 Å². The Morgan fingerprint density at radius 2 is 2.23 bits per heavy atom. The third-order valence-electron chi connectivity index (χ3n) is 1.12. The lowest BCUT2D eigenvalue weighted by Gasteiger charge is -1.98. The Morgan fingerprint density at radius 1 is 1.54 bits per heavy atom. The SMILES string of the molecule is CCOC(=O)/C(C)=C/C#C/C=C/Br. The highest BCUT2D eigenvalue weighted by molar-refractivity contribution is 9.11. The number of halogens is 1. The second-order valence-corrected chi connectivity index (χ2v) is 2.66. The molecular formula is C10H11BrO2. The molecule has 2 nitrogen and oxygen atoms in total. The second kappa shape index (κ2) is 7.63. The average Bonchev–Trinajstić information content (AvgIpc) is 2.12. The summed E-state index contributed by atoms with van der Waals surface area (Å²) in [6.45, 7) is 3.83. The summed E-state index contributed by atoms with van der Waals surface area (Å²) in [5.74, 6) is 5.08. The van der Waals surface area contributed by atoms with Gasteiger partial charge in [-0.1, -0.05) is 27.8 Å². The van der Waals surface area contributed by atoms with Crippen molar-refractivity contribution in [1.29, 1.82) is 0 Å². The number of carbonyl (C=O) groups excluding carboxylic acids is 1. The monoisotopic (exact) mass is 242 g/mol. The van der Waals surface area contributed by atoms with Gasteiger partial charge in [0.25, 0.3) is 0 Å². The van der Waals surface area contributed by atoms with Crippen LogP contribution in [-0.2, 0) is 9.53 Å². The fraction of sp³-hybridized carbons (Fsp3) is 0.300. The van der Waals surface area contributed by atoms with Crippen molar-refractivity contribution in [3.63, 3.8) is 0 Å². The van der Waals surface area contributed by atoms with E-state index < -0.39 is 0 Å². The second-order valence-electron chi connectivity index (χ2n) is 2.13. The van der Waals surface area contributed by atoms with Gasteiger partial charge in [-0.25, -0.2) is 4.79 Å². The van der Waals surface area contributed by atoms with Gasteiger partial charge in [-0.2, -0.15) is 0 Å². The molecule has 0 spiro atoms. The van der Waals surface area contributed by atoms with Gasteiger partial charge in [-0.3, -0.25) is 0 Å². The number of ether oxygens (including phenoxy) is 1. The largest absolute Gasteiger partial charge is 0.463 e. The molecule has 0 aliphatic rings. The fourth-order valence-electron chi connectivity index (χ4n) is 0.533. The average molecular weight is 243 g/mol. The van der Waals surface area contributed by atoms with Gasteiger partial charge >= 0.3 is 5.97 Å². The van der Waals surface area contributed by atoms with Gasteiger partial charge in [0.05, 0.1) is 6.61 Å². The van der Waals surface area contributed by atoms with Crippen LogP contribution in [0.4, 0.5) is 0 Å². The van der Waals surface area contributed by atoms with Gasteiger partial charge in [0.1, 0.15) is 0 Å². The molecule has 0 saturated carbocycles. The van der Waals surface area contributed by atoms with Crippen molar-refractivity contribution < 1.29 is 9.53 Å². The Hall–Kier alpha value is -1.01. The van der Waals surface area contributed by atoms with E-state index in [1.807, 2.05) is 0 Å². The van der Waals surface area contributed by atoms with E-state index in [2.05, 4.69) is 27.8 Å². The van der Waals surface area contributed by atoms with E-state index >= 15 is 0 Å². The molecule has 0 saturated heterocycles. The van der Waals surface area contributed by atoms with Crippen LogP contribution in [-0.4, -0.2) is 12.6 Å². The molecule has 0 aromatic heterocycles. The molecule has 0 heterocycles. The summed E-state index contributed by atoms with van der Waals surface area (Å²) in [7, 11) is 0. The fourth-order valence-corrected chi connectivity index (χ4v) is 0.666. The molecule has 0 radical (unpaired) electrons. The predicted molar refractivity (Wildman–Crippen MR) is 56.2 cm³/mol. The third-order valence-corrected chi connectivity index (χ3v) is 1.38. The molecule has 0 aromatic carbocycles. The normalized spacial score (nSPS) is 10.8. The summed E-state index contributed by atoms with van der Waals surface area (Å²) in [4.78, 5) is 12.7. The van der Waals surface area contributed by atoms with Gasteiger partial charge in [-0.05, 0) is 31.0 Å². The molecule has 0 bridgehead atoms. The van der Waals surface area contributed by atoms with Crippen LogP contribution in [0.1, 0.15) is 13.8 Å². The zero-order valence-electron chi connectivity index (χ0n) is 7.63. The summed E-state index contributed by atoms with van der Waals surface area (Å²) in [5.41, 5.74) is 0.511. The predicted octanol–water partition coefficient (Wildman–Crippen LogP) is 2.41. The van der Waals surface area contributed by atoms with Crippen LogP contribution in [0.2, 0.25) is 0 Å². The van der Waals surface area contributed by atoms with Gasteiger partial charge in [0, 0.05) is 5.57 Å². The zero-order chi connectivity index (χ0) is 10.1. The number of hydrogen-bond donors (Lipinski definition) is 0. The van der Waals surface area contributed by atoms with E-state index in [9.17, 15) is 4.79 Å². The van der Waals surface area contributed by atoms with Crippen LogP contribution >= 0.6 is 15.9 Å². The molecule has 3 heteroatoms. The van der Waals surface area contributed by atoms with E-state index in [1.165, 1.54) is 6.08 Å². The van der Waals surface area contributed by atoms with Crippen molar-refractivity contribution in [2.24, 2.45) is 0 Å². The molecule has 0 fully saturated rings. The maximum Gasteiger partial charge on any atom is 0.334 e. The summed E-state index contributed by atoms with van der Waals surface area (Å²) in [6, 6.07) is 0. The first-order valence-corrected chi connectivity index (χ1v) is 4.74. The minimum atomic E-state index is -0.320. The number of allylic oxidation sites excluding steroid dienone is 2. The molecule has 13 heavy (non-hydrogen) atoms. The highest BCUT2D eigenvalue weighted by atomic mass is 79.9. The van der Waals surface area contributed by atoms with E-state index in [0.29, 0.717) is 12.2 Å². The van der Waals surface area contributed by atoms with Gasteiger partial charge in [-0.15, -0.1) is 0 Å². The van der Waals surface area contributed by atoms with Gasteiger partial charge in [0.15, 0.2) is 0 Å².